The number of aryl methyl sites for hydroxylation is 1. The van der Waals surface area contributed by atoms with Crippen LogP contribution in [0, 0.1) is 12.8 Å². The van der Waals surface area contributed by atoms with Gasteiger partial charge in [0, 0.05) is 18.0 Å². The summed E-state index contributed by atoms with van der Waals surface area (Å²) in [5.41, 5.74) is 3.65. The van der Waals surface area contributed by atoms with Crippen LogP contribution in [-0.4, -0.2) is 31.0 Å². The van der Waals surface area contributed by atoms with E-state index in [0.29, 0.717) is 0 Å². The van der Waals surface area contributed by atoms with Gasteiger partial charge in [-0.15, -0.1) is 0 Å². The third kappa shape index (κ3) is 5.10. The van der Waals surface area contributed by atoms with Crippen molar-refractivity contribution in [2.45, 2.75) is 39.3 Å². The Hall–Kier alpha value is -2.33. The molecule has 0 aromatic heterocycles. The van der Waals surface area contributed by atoms with Crippen LogP contribution >= 0.6 is 0 Å². The molecule has 0 saturated carbocycles. The van der Waals surface area contributed by atoms with Gasteiger partial charge in [-0.1, -0.05) is 48.0 Å². The van der Waals surface area contributed by atoms with Crippen LogP contribution in [0.15, 0.2) is 48.5 Å². The summed E-state index contributed by atoms with van der Waals surface area (Å²) in [5, 5.41) is 3.17. The minimum atomic E-state index is -0.0563. The van der Waals surface area contributed by atoms with Crippen molar-refractivity contribution in [3.63, 3.8) is 0 Å². The largest absolute Gasteiger partial charge is 0.496 e. The van der Waals surface area contributed by atoms with E-state index in [1.807, 2.05) is 31.2 Å². The molecule has 1 N–H and O–H groups in total. The van der Waals surface area contributed by atoms with Gasteiger partial charge in [-0.25, -0.2) is 0 Å². The maximum absolute atomic E-state index is 12.7. The highest BCUT2D eigenvalue weighted by atomic mass is 16.5. The van der Waals surface area contributed by atoms with Crippen LogP contribution in [-0.2, 0) is 11.3 Å². The summed E-state index contributed by atoms with van der Waals surface area (Å²) < 4.78 is 5.41. The topological polar surface area (TPSA) is 41.6 Å². The number of rotatable bonds is 6. The number of piperidine rings is 1. The molecule has 1 aliphatic rings. The van der Waals surface area contributed by atoms with E-state index in [1.54, 1.807) is 7.11 Å². The van der Waals surface area contributed by atoms with Crippen molar-refractivity contribution in [3.05, 3.63) is 65.2 Å². The third-order valence-corrected chi connectivity index (χ3v) is 5.45. The summed E-state index contributed by atoms with van der Waals surface area (Å²) in [6, 6.07) is 16.5. The molecule has 27 heavy (non-hydrogen) atoms. The highest BCUT2D eigenvalue weighted by Crippen LogP contribution is 2.26. The molecule has 0 radical (unpaired) electrons. The molecule has 1 fully saturated rings. The summed E-state index contributed by atoms with van der Waals surface area (Å²) in [4.78, 5) is 15.2. The monoisotopic (exact) mass is 366 g/mol. The fourth-order valence-corrected chi connectivity index (χ4v) is 3.74. The summed E-state index contributed by atoms with van der Waals surface area (Å²) in [6.45, 7) is 7.03. The number of benzene rings is 2. The van der Waals surface area contributed by atoms with Gasteiger partial charge in [-0.05, 0) is 51.4 Å². The minimum Gasteiger partial charge on any atom is -0.496 e. The standard InChI is InChI=1S/C23H30N2O2/c1-17-8-10-19(11-9-17)16-25-14-12-20(13-15-25)23(26)24-18(2)21-6-4-5-7-22(21)27-3/h4-11,18,20H,12-16H2,1-3H3,(H,24,26). The average molecular weight is 367 g/mol. The van der Waals surface area contributed by atoms with Gasteiger partial charge in [0.1, 0.15) is 5.75 Å². The van der Waals surface area contributed by atoms with E-state index < -0.39 is 0 Å². The van der Waals surface area contributed by atoms with Gasteiger partial charge in [0.2, 0.25) is 5.91 Å². The Morgan fingerprint density at radius 2 is 1.81 bits per heavy atom. The Kier molecular flexibility index (Phi) is 6.51. The van der Waals surface area contributed by atoms with Crippen LogP contribution in [0.2, 0.25) is 0 Å². The number of hydrogen-bond donors (Lipinski definition) is 1. The highest BCUT2D eigenvalue weighted by Gasteiger charge is 2.26. The Labute approximate surface area is 162 Å². The molecule has 144 valence electrons. The molecular formula is C23H30N2O2. The van der Waals surface area contributed by atoms with E-state index in [4.69, 9.17) is 4.74 Å². The fourth-order valence-electron chi connectivity index (χ4n) is 3.74. The normalized spacial score (nSPS) is 16.7. The summed E-state index contributed by atoms with van der Waals surface area (Å²) >= 11 is 0. The number of carbonyl (C=O) groups is 1. The van der Waals surface area contributed by atoms with E-state index in [2.05, 4.69) is 41.4 Å². The second kappa shape index (κ2) is 9.05. The molecule has 0 spiro atoms. The maximum Gasteiger partial charge on any atom is 0.223 e. The molecule has 0 aliphatic carbocycles. The molecule has 1 saturated heterocycles. The van der Waals surface area contributed by atoms with Gasteiger partial charge in [0.25, 0.3) is 0 Å². The van der Waals surface area contributed by atoms with Crippen LogP contribution in [0.5, 0.6) is 5.75 Å². The smallest absolute Gasteiger partial charge is 0.223 e. The number of nitrogens with one attached hydrogen (secondary N) is 1. The SMILES string of the molecule is COc1ccccc1C(C)NC(=O)C1CCN(Cc2ccc(C)cc2)CC1. The molecule has 3 rings (SSSR count). The number of hydrogen-bond acceptors (Lipinski definition) is 3. The molecule has 1 atom stereocenters. The summed E-state index contributed by atoms with van der Waals surface area (Å²) in [7, 11) is 1.66. The van der Waals surface area contributed by atoms with Gasteiger partial charge in [-0.3, -0.25) is 9.69 Å². The first-order valence-electron chi connectivity index (χ1n) is 9.78. The predicted octanol–water partition coefficient (Wildman–Crippen LogP) is 4.09. The number of amides is 1. The van der Waals surface area contributed by atoms with Crippen LogP contribution < -0.4 is 10.1 Å². The Morgan fingerprint density at radius 1 is 1.15 bits per heavy atom. The molecule has 1 heterocycles. The van der Waals surface area contributed by atoms with E-state index in [0.717, 1.165) is 43.8 Å². The van der Waals surface area contributed by atoms with E-state index in [-0.39, 0.29) is 17.9 Å². The first-order valence-corrected chi connectivity index (χ1v) is 9.78. The molecule has 1 aliphatic heterocycles. The molecule has 2 aromatic rings. The van der Waals surface area contributed by atoms with Crippen LogP contribution in [0.4, 0.5) is 0 Å². The molecule has 4 heteroatoms. The van der Waals surface area contributed by atoms with Gasteiger partial charge >= 0.3 is 0 Å². The van der Waals surface area contributed by atoms with Crippen molar-refractivity contribution in [1.29, 1.82) is 0 Å². The van der Waals surface area contributed by atoms with Crippen molar-refractivity contribution in [2.24, 2.45) is 5.92 Å². The zero-order chi connectivity index (χ0) is 19.2. The zero-order valence-corrected chi connectivity index (χ0v) is 16.6. The van der Waals surface area contributed by atoms with Crippen molar-refractivity contribution >= 4 is 5.91 Å². The minimum absolute atomic E-state index is 0.0563. The van der Waals surface area contributed by atoms with E-state index in [1.165, 1.54) is 11.1 Å². The second-order valence-corrected chi connectivity index (χ2v) is 7.51. The lowest BCUT2D eigenvalue weighted by molar-refractivity contribution is -0.127. The highest BCUT2D eigenvalue weighted by molar-refractivity contribution is 5.79. The molecule has 2 aromatic carbocycles. The predicted molar refractivity (Wildman–Crippen MR) is 109 cm³/mol. The quantitative estimate of drug-likeness (QED) is 0.837. The van der Waals surface area contributed by atoms with Crippen molar-refractivity contribution in [1.82, 2.24) is 10.2 Å². The molecule has 1 amide bonds. The lowest BCUT2D eigenvalue weighted by atomic mass is 9.94. The van der Waals surface area contributed by atoms with Crippen molar-refractivity contribution < 1.29 is 9.53 Å². The zero-order valence-electron chi connectivity index (χ0n) is 16.6. The van der Waals surface area contributed by atoms with Crippen molar-refractivity contribution in [2.75, 3.05) is 20.2 Å². The fraction of sp³-hybridized carbons (Fsp3) is 0.435. The second-order valence-electron chi connectivity index (χ2n) is 7.51. The van der Waals surface area contributed by atoms with Crippen LogP contribution in [0.25, 0.3) is 0 Å². The van der Waals surface area contributed by atoms with Gasteiger partial charge in [0.15, 0.2) is 0 Å². The molecule has 1 unspecified atom stereocenters. The number of nitrogens with zero attached hydrogens (tertiary/aromatic N) is 1. The lowest BCUT2D eigenvalue weighted by Crippen LogP contribution is -2.40. The molecule has 0 bridgehead atoms. The Balaban J connectivity index is 1.50. The summed E-state index contributed by atoms with van der Waals surface area (Å²) in [6.07, 6.45) is 1.83. The average Bonchev–Trinajstić information content (AvgIpc) is 2.70. The number of para-hydroxylation sites is 1. The van der Waals surface area contributed by atoms with Gasteiger partial charge in [-0.2, -0.15) is 0 Å². The Bertz CT molecular complexity index is 749. The van der Waals surface area contributed by atoms with Crippen LogP contribution in [0.1, 0.15) is 42.5 Å². The summed E-state index contributed by atoms with van der Waals surface area (Å²) in [5.74, 6) is 1.07. The third-order valence-electron chi connectivity index (χ3n) is 5.45. The maximum atomic E-state index is 12.7. The number of likely N-dealkylation sites (tertiary alicyclic amines) is 1. The van der Waals surface area contributed by atoms with Gasteiger partial charge in [0.05, 0.1) is 13.2 Å². The Morgan fingerprint density at radius 3 is 2.48 bits per heavy atom. The first kappa shape index (κ1) is 19.4. The first-order chi connectivity index (χ1) is 13.1. The van der Waals surface area contributed by atoms with Crippen LogP contribution in [0.3, 0.4) is 0 Å². The number of carbonyl (C=O) groups excluding carboxylic acids is 1. The number of ether oxygens (including phenoxy) is 1. The molecular weight excluding hydrogens is 336 g/mol. The molecule has 4 nitrogen and oxygen atoms in total. The number of methoxy groups -OCH3 is 1. The van der Waals surface area contributed by atoms with E-state index in [9.17, 15) is 4.79 Å². The lowest BCUT2D eigenvalue weighted by Gasteiger charge is -2.32. The van der Waals surface area contributed by atoms with E-state index >= 15 is 0 Å². The van der Waals surface area contributed by atoms with Gasteiger partial charge < -0.3 is 10.1 Å². The van der Waals surface area contributed by atoms with Crippen molar-refractivity contribution in [3.8, 4) is 5.75 Å².